The van der Waals surface area contributed by atoms with Gasteiger partial charge in [0.05, 0.1) is 17.3 Å². The Morgan fingerprint density at radius 3 is 2.83 bits per heavy atom. The largest absolute Gasteiger partial charge is 0.192 e. The van der Waals surface area contributed by atoms with Gasteiger partial charge in [0.15, 0.2) is 0 Å². The first kappa shape index (κ1) is 7.65. The standard InChI is InChI=1S/C7H2BrN3S/c8-5-2-1-4(3-9)6-7(5)11-12-10-6/h1-2H. The van der Waals surface area contributed by atoms with Crippen molar-refractivity contribution < 1.29 is 0 Å². The molecule has 0 aliphatic rings. The molecule has 2 aromatic rings. The summed E-state index contributed by atoms with van der Waals surface area (Å²) in [4.78, 5) is 0. The van der Waals surface area contributed by atoms with Crippen LogP contribution in [0.3, 0.4) is 0 Å². The Balaban J connectivity index is 2.94. The van der Waals surface area contributed by atoms with Crippen LogP contribution < -0.4 is 0 Å². The Bertz CT molecular complexity index is 471. The summed E-state index contributed by atoms with van der Waals surface area (Å²) in [6.45, 7) is 0. The number of nitriles is 1. The average molecular weight is 240 g/mol. The van der Waals surface area contributed by atoms with Crippen LogP contribution in [0.4, 0.5) is 0 Å². The van der Waals surface area contributed by atoms with Crippen molar-refractivity contribution in [3.63, 3.8) is 0 Å². The van der Waals surface area contributed by atoms with Crippen molar-refractivity contribution in [2.45, 2.75) is 0 Å². The minimum Gasteiger partial charge on any atom is -0.192 e. The zero-order valence-electron chi connectivity index (χ0n) is 5.78. The second-order valence-corrected chi connectivity index (χ2v) is 3.55. The monoisotopic (exact) mass is 239 g/mol. The van der Waals surface area contributed by atoms with Crippen molar-refractivity contribution in [3.05, 3.63) is 22.2 Å². The fourth-order valence-electron chi connectivity index (χ4n) is 0.927. The topological polar surface area (TPSA) is 49.6 Å². The third kappa shape index (κ3) is 1.00. The Morgan fingerprint density at radius 1 is 1.33 bits per heavy atom. The molecular weight excluding hydrogens is 238 g/mol. The van der Waals surface area contributed by atoms with E-state index in [-0.39, 0.29) is 0 Å². The predicted molar refractivity (Wildman–Crippen MR) is 49.8 cm³/mol. The van der Waals surface area contributed by atoms with Crippen molar-refractivity contribution in [1.82, 2.24) is 8.75 Å². The lowest BCUT2D eigenvalue weighted by atomic mass is 10.2. The summed E-state index contributed by atoms with van der Waals surface area (Å²) >= 11 is 4.45. The number of halogens is 1. The van der Waals surface area contributed by atoms with Crippen molar-refractivity contribution in [2.24, 2.45) is 0 Å². The van der Waals surface area contributed by atoms with E-state index in [0.717, 1.165) is 21.7 Å². The van der Waals surface area contributed by atoms with Gasteiger partial charge in [-0.3, -0.25) is 0 Å². The van der Waals surface area contributed by atoms with Gasteiger partial charge in [0.2, 0.25) is 0 Å². The zero-order chi connectivity index (χ0) is 8.55. The molecule has 2 rings (SSSR count). The van der Waals surface area contributed by atoms with E-state index in [1.54, 1.807) is 6.07 Å². The summed E-state index contributed by atoms with van der Waals surface area (Å²) in [6, 6.07) is 5.60. The van der Waals surface area contributed by atoms with Gasteiger partial charge in [-0.25, -0.2) is 0 Å². The molecule has 5 heteroatoms. The van der Waals surface area contributed by atoms with Crippen LogP contribution in [0.5, 0.6) is 0 Å². The van der Waals surface area contributed by atoms with Crippen molar-refractivity contribution in [2.75, 3.05) is 0 Å². The molecule has 0 fully saturated rings. The van der Waals surface area contributed by atoms with Crippen LogP contribution in [-0.2, 0) is 0 Å². The Kier molecular flexibility index (Phi) is 1.79. The molecule has 0 aliphatic heterocycles. The molecule has 1 heterocycles. The molecule has 58 valence electrons. The first-order valence-corrected chi connectivity index (χ1v) is 4.66. The van der Waals surface area contributed by atoms with Gasteiger partial charge in [0.1, 0.15) is 17.1 Å². The highest BCUT2D eigenvalue weighted by Crippen LogP contribution is 2.24. The summed E-state index contributed by atoms with van der Waals surface area (Å²) < 4.78 is 8.97. The summed E-state index contributed by atoms with van der Waals surface area (Å²) in [6.07, 6.45) is 0. The minimum atomic E-state index is 0.571. The van der Waals surface area contributed by atoms with Gasteiger partial charge in [-0.2, -0.15) is 14.0 Å². The molecule has 1 aromatic carbocycles. The predicted octanol–water partition coefficient (Wildman–Crippen LogP) is 2.33. The second-order valence-electron chi connectivity index (χ2n) is 2.17. The molecule has 0 N–H and O–H groups in total. The third-order valence-corrected chi connectivity index (χ3v) is 2.65. The molecule has 0 saturated heterocycles. The fraction of sp³-hybridized carbons (Fsp3) is 0. The normalized spacial score (nSPS) is 10.0. The van der Waals surface area contributed by atoms with Gasteiger partial charge in [0.25, 0.3) is 0 Å². The lowest BCUT2D eigenvalue weighted by Gasteiger charge is -1.91. The Morgan fingerprint density at radius 2 is 2.08 bits per heavy atom. The summed E-state index contributed by atoms with van der Waals surface area (Å²) in [7, 11) is 0. The number of rotatable bonds is 0. The van der Waals surface area contributed by atoms with E-state index in [9.17, 15) is 0 Å². The average Bonchev–Trinajstić information content (AvgIpc) is 2.54. The van der Waals surface area contributed by atoms with E-state index in [4.69, 9.17) is 5.26 Å². The number of hydrogen-bond donors (Lipinski definition) is 0. The van der Waals surface area contributed by atoms with E-state index >= 15 is 0 Å². The van der Waals surface area contributed by atoms with Crippen LogP contribution in [0.15, 0.2) is 16.6 Å². The van der Waals surface area contributed by atoms with Crippen molar-refractivity contribution in [3.8, 4) is 6.07 Å². The van der Waals surface area contributed by atoms with E-state index in [1.807, 2.05) is 6.07 Å². The van der Waals surface area contributed by atoms with E-state index in [2.05, 4.69) is 30.7 Å². The van der Waals surface area contributed by atoms with Crippen molar-refractivity contribution >= 4 is 38.7 Å². The molecule has 12 heavy (non-hydrogen) atoms. The summed E-state index contributed by atoms with van der Waals surface area (Å²) in [5.41, 5.74) is 2.01. The highest BCUT2D eigenvalue weighted by atomic mass is 79.9. The molecular formula is C7H2BrN3S. The quantitative estimate of drug-likeness (QED) is 0.709. The third-order valence-electron chi connectivity index (χ3n) is 1.49. The number of aromatic nitrogens is 2. The first-order chi connectivity index (χ1) is 5.83. The van der Waals surface area contributed by atoms with Crippen LogP contribution in [0, 0.1) is 11.3 Å². The maximum Gasteiger partial charge on any atom is 0.123 e. The van der Waals surface area contributed by atoms with Crippen LogP contribution >= 0.6 is 27.7 Å². The number of hydrogen-bond acceptors (Lipinski definition) is 4. The maximum absolute atomic E-state index is 8.72. The summed E-state index contributed by atoms with van der Waals surface area (Å²) in [5.74, 6) is 0. The molecule has 0 aliphatic carbocycles. The van der Waals surface area contributed by atoms with E-state index < -0.39 is 0 Å². The Labute approximate surface area is 81.1 Å². The molecule has 0 saturated carbocycles. The Hall–Kier alpha value is -0.990. The van der Waals surface area contributed by atoms with E-state index in [1.165, 1.54) is 0 Å². The van der Waals surface area contributed by atoms with Crippen molar-refractivity contribution in [1.29, 1.82) is 5.26 Å². The van der Waals surface area contributed by atoms with Crippen LogP contribution in [-0.4, -0.2) is 8.75 Å². The number of benzene rings is 1. The number of fused-ring (bicyclic) bond motifs is 1. The molecule has 0 radical (unpaired) electrons. The van der Waals surface area contributed by atoms with Gasteiger partial charge >= 0.3 is 0 Å². The second kappa shape index (κ2) is 2.81. The lowest BCUT2D eigenvalue weighted by molar-refractivity contribution is 1.48. The molecule has 0 unspecified atom stereocenters. The van der Waals surface area contributed by atoms with Crippen LogP contribution in [0.25, 0.3) is 11.0 Å². The van der Waals surface area contributed by atoms with Gasteiger partial charge in [0, 0.05) is 4.47 Å². The highest BCUT2D eigenvalue weighted by Gasteiger charge is 2.07. The van der Waals surface area contributed by atoms with E-state index in [0.29, 0.717) is 11.1 Å². The highest BCUT2D eigenvalue weighted by molar-refractivity contribution is 9.10. The van der Waals surface area contributed by atoms with Crippen LogP contribution in [0.1, 0.15) is 5.56 Å². The first-order valence-electron chi connectivity index (χ1n) is 3.14. The maximum atomic E-state index is 8.72. The summed E-state index contributed by atoms with van der Waals surface area (Å²) in [5, 5.41) is 8.72. The van der Waals surface area contributed by atoms with Gasteiger partial charge in [-0.1, -0.05) is 0 Å². The van der Waals surface area contributed by atoms with Gasteiger partial charge < -0.3 is 0 Å². The molecule has 0 amide bonds. The molecule has 0 atom stereocenters. The number of nitrogens with zero attached hydrogens (tertiary/aromatic N) is 3. The molecule has 3 nitrogen and oxygen atoms in total. The minimum absolute atomic E-state index is 0.571. The SMILES string of the molecule is N#Cc1ccc(Br)c2nsnc12. The smallest absolute Gasteiger partial charge is 0.123 e. The molecule has 0 spiro atoms. The molecule has 0 bridgehead atoms. The fourth-order valence-corrected chi connectivity index (χ4v) is 2.03. The van der Waals surface area contributed by atoms with Crippen LogP contribution in [0.2, 0.25) is 0 Å². The van der Waals surface area contributed by atoms with Gasteiger partial charge in [-0.15, -0.1) is 0 Å². The van der Waals surface area contributed by atoms with Gasteiger partial charge in [-0.05, 0) is 28.1 Å². The molecule has 1 aromatic heterocycles. The zero-order valence-corrected chi connectivity index (χ0v) is 8.19. The lowest BCUT2D eigenvalue weighted by Crippen LogP contribution is -1.78.